The van der Waals surface area contributed by atoms with Gasteiger partial charge >= 0.3 is 0 Å². The molecular weight excluding hydrogens is 425 g/mol. The second-order valence-electron chi connectivity index (χ2n) is 6.04. The van der Waals surface area contributed by atoms with E-state index < -0.39 is 0 Å². The van der Waals surface area contributed by atoms with Crippen LogP contribution in [0.5, 0.6) is 0 Å². The number of hydrogen-bond donors (Lipinski definition) is 2. The van der Waals surface area contributed by atoms with Crippen molar-refractivity contribution in [2.24, 2.45) is 10.9 Å². The molecule has 7 heteroatoms. The van der Waals surface area contributed by atoms with E-state index in [0.717, 1.165) is 58.2 Å². The minimum absolute atomic E-state index is 0. The fourth-order valence-electron chi connectivity index (χ4n) is 2.79. The molecule has 0 aromatic heterocycles. The summed E-state index contributed by atoms with van der Waals surface area (Å²) in [6.07, 6.45) is 5.87. The maximum atomic E-state index is 5.78. The van der Waals surface area contributed by atoms with Crippen LogP contribution in [0.15, 0.2) is 4.99 Å². The number of hydrogen-bond acceptors (Lipinski definition) is 4. The van der Waals surface area contributed by atoms with E-state index in [0.29, 0.717) is 12.0 Å². The Morgan fingerprint density at radius 2 is 2.13 bits per heavy atom. The van der Waals surface area contributed by atoms with Crippen LogP contribution in [0.4, 0.5) is 0 Å². The number of rotatable bonds is 7. The third-order valence-corrected chi connectivity index (χ3v) is 5.39. The maximum Gasteiger partial charge on any atom is 0.191 e. The monoisotopic (exact) mass is 457 g/mol. The molecule has 2 heterocycles. The highest BCUT2D eigenvalue weighted by Gasteiger charge is 2.15. The van der Waals surface area contributed by atoms with Gasteiger partial charge in [-0.1, -0.05) is 0 Å². The van der Waals surface area contributed by atoms with Gasteiger partial charge in [-0.25, -0.2) is 0 Å². The number of guanidine groups is 1. The first-order valence-electron chi connectivity index (χ1n) is 8.59. The van der Waals surface area contributed by atoms with E-state index >= 15 is 0 Å². The second-order valence-corrected chi connectivity index (χ2v) is 7.19. The Balaban J connectivity index is 0.00000264. The van der Waals surface area contributed by atoms with Gasteiger partial charge in [0.1, 0.15) is 0 Å². The van der Waals surface area contributed by atoms with E-state index in [1.165, 1.54) is 24.3 Å². The molecule has 0 radical (unpaired) electrons. The number of thioether (sulfide) groups is 1. The molecular formula is C16H32IN3O2S. The van der Waals surface area contributed by atoms with E-state index in [4.69, 9.17) is 9.47 Å². The van der Waals surface area contributed by atoms with Gasteiger partial charge in [0, 0.05) is 51.8 Å². The SMILES string of the molecule is CN=C(NCCCOCC1CCOCC1)NC1CCCSC1.I. The molecule has 1 atom stereocenters. The number of ether oxygens (including phenoxy) is 2. The van der Waals surface area contributed by atoms with Crippen molar-refractivity contribution in [2.75, 3.05) is 51.5 Å². The van der Waals surface area contributed by atoms with Gasteiger partial charge in [0.2, 0.25) is 0 Å². The van der Waals surface area contributed by atoms with E-state index in [2.05, 4.69) is 15.6 Å². The van der Waals surface area contributed by atoms with Crippen molar-refractivity contribution >= 4 is 41.7 Å². The average Bonchev–Trinajstić information content (AvgIpc) is 2.58. The summed E-state index contributed by atoms with van der Waals surface area (Å²) in [5.74, 6) is 4.11. The van der Waals surface area contributed by atoms with E-state index in [1.54, 1.807) is 0 Å². The van der Waals surface area contributed by atoms with E-state index in [-0.39, 0.29) is 24.0 Å². The summed E-state index contributed by atoms with van der Waals surface area (Å²) < 4.78 is 11.1. The largest absolute Gasteiger partial charge is 0.381 e. The molecule has 2 rings (SSSR count). The number of nitrogens with zero attached hydrogens (tertiary/aromatic N) is 1. The van der Waals surface area contributed by atoms with Crippen LogP contribution >= 0.6 is 35.7 Å². The summed E-state index contributed by atoms with van der Waals surface area (Å²) in [6, 6.07) is 0.565. The fourth-order valence-corrected chi connectivity index (χ4v) is 3.86. The highest BCUT2D eigenvalue weighted by molar-refractivity contribution is 14.0. The Kier molecular flexibility index (Phi) is 12.6. The highest BCUT2D eigenvalue weighted by atomic mass is 127. The summed E-state index contributed by atoms with van der Waals surface area (Å²) in [5.41, 5.74) is 0. The van der Waals surface area contributed by atoms with E-state index in [1.807, 2.05) is 18.8 Å². The molecule has 0 bridgehead atoms. The molecule has 0 aromatic rings. The molecule has 0 aliphatic carbocycles. The van der Waals surface area contributed by atoms with Crippen LogP contribution < -0.4 is 10.6 Å². The first-order chi connectivity index (χ1) is 10.9. The van der Waals surface area contributed by atoms with Crippen LogP contribution in [0, 0.1) is 5.92 Å². The second kappa shape index (κ2) is 13.5. The van der Waals surface area contributed by atoms with Crippen LogP contribution in [0.2, 0.25) is 0 Å². The molecule has 1 unspecified atom stereocenters. The van der Waals surface area contributed by atoms with Crippen LogP contribution in [-0.4, -0.2) is 63.5 Å². The Morgan fingerprint density at radius 1 is 1.30 bits per heavy atom. The van der Waals surface area contributed by atoms with Gasteiger partial charge < -0.3 is 20.1 Å². The minimum atomic E-state index is 0. The molecule has 0 spiro atoms. The van der Waals surface area contributed by atoms with Gasteiger partial charge in [0.25, 0.3) is 0 Å². The predicted molar refractivity (Wildman–Crippen MR) is 109 cm³/mol. The molecule has 23 heavy (non-hydrogen) atoms. The van der Waals surface area contributed by atoms with Gasteiger partial charge in [0.05, 0.1) is 0 Å². The molecule has 0 aromatic carbocycles. The van der Waals surface area contributed by atoms with Crippen molar-refractivity contribution in [1.29, 1.82) is 0 Å². The number of aliphatic imine (C=N–C) groups is 1. The quantitative estimate of drug-likeness (QED) is 0.266. The lowest BCUT2D eigenvalue weighted by Crippen LogP contribution is -2.45. The zero-order valence-corrected chi connectivity index (χ0v) is 17.4. The van der Waals surface area contributed by atoms with Crippen molar-refractivity contribution in [2.45, 2.75) is 38.1 Å². The van der Waals surface area contributed by atoms with Crippen LogP contribution in [-0.2, 0) is 9.47 Å². The fraction of sp³-hybridized carbons (Fsp3) is 0.938. The summed E-state index contributed by atoms with van der Waals surface area (Å²) >= 11 is 2.03. The summed E-state index contributed by atoms with van der Waals surface area (Å²) in [5, 5.41) is 6.90. The lowest BCUT2D eigenvalue weighted by molar-refractivity contribution is 0.0203. The summed E-state index contributed by atoms with van der Waals surface area (Å²) in [7, 11) is 1.84. The Morgan fingerprint density at radius 3 is 2.83 bits per heavy atom. The van der Waals surface area contributed by atoms with Gasteiger partial charge in [0.15, 0.2) is 5.96 Å². The third-order valence-electron chi connectivity index (χ3n) is 4.18. The Labute approximate surface area is 162 Å². The summed E-state index contributed by atoms with van der Waals surface area (Å²) in [6.45, 7) is 4.41. The lowest BCUT2D eigenvalue weighted by atomic mass is 10.0. The van der Waals surface area contributed by atoms with Crippen LogP contribution in [0.1, 0.15) is 32.1 Å². The predicted octanol–water partition coefficient (Wildman–Crippen LogP) is 2.50. The van der Waals surface area contributed by atoms with Crippen LogP contribution in [0.3, 0.4) is 0 Å². The molecule has 2 saturated heterocycles. The Bertz CT molecular complexity index is 322. The lowest BCUT2D eigenvalue weighted by Gasteiger charge is -2.24. The minimum Gasteiger partial charge on any atom is -0.381 e. The average molecular weight is 457 g/mol. The van der Waals surface area contributed by atoms with Gasteiger partial charge in [-0.2, -0.15) is 11.8 Å². The van der Waals surface area contributed by atoms with Crippen molar-refractivity contribution in [3.63, 3.8) is 0 Å². The highest BCUT2D eigenvalue weighted by Crippen LogP contribution is 2.16. The maximum absolute atomic E-state index is 5.78. The standard InChI is InChI=1S/C16H31N3O2S.HI/c1-17-16(19-15-4-2-11-22-13-15)18-7-3-8-21-12-14-5-9-20-10-6-14;/h14-15H,2-13H2,1H3,(H2,17,18,19);1H. The normalized spacial score (nSPS) is 23.2. The summed E-state index contributed by atoms with van der Waals surface area (Å²) in [4.78, 5) is 4.30. The van der Waals surface area contributed by atoms with E-state index in [9.17, 15) is 0 Å². The molecule has 0 amide bonds. The first kappa shape index (κ1) is 21.3. The number of halogens is 1. The Hall–Kier alpha value is 0.270. The van der Waals surface area contributed by atoms with Crippen molar-refractivity contribution in [3.05, 3.63) is 0 Å². The van der Waals surface area contributed by atoms with Crippen molar-refractivity contribution in [1.82, 2.24) is 10.6 Å². The zero-order valence-electron chi connectivity index (χ0n) is 14.2. The van der Waals surface area contributed by atoms with Gasteiger partial charge in [-0.3, -0.25) is 4.99 Å². The van der Waals surface area contributed by atoms with Crippen molar-refractivity contribution in [3.8, 4) is 0 Å². The molecule has 0 saturated carbocycles. The third kappa shape index (κ3) is 9.36. The molecule has 2 fully saturated rings. The zero-order chi connectivity index (χ0) is 15.5. The van der Waals surface area contributed by atoms with Gasteiger partial charge in [-0.15, -0.1) is 24.0 Å². The molecule has 136 valence electrons. The molecule has 2 aliphatic heterocycles. The first-order valence-corrected chi connectivity index (χ1v) is 9.74. The topological polar surface area (TPSA) is 54.9 Å². The van der Waals surface area contributed by atoms with Gasteiger partial charge in [-0.05, 0) is 43.8 Å². The van der Waals surface area contributed by atoms with Crippen LogP contribution in [0.25, 0.3) is 0 Å². The van der Waals surface area contributed by atoms with Crippen molar-refractivity contribution < 1.29 is 9.47 Å². The molecule has 2 aliphatic rings. The molecule has 2 N–H and O–H groups in total. The molecule has 5 nitrogen and oxygen atoms in total. The smallest absolute Gasteiger partial charge is 0.191 e. The number of nitrogens with one attached hydrogen (secondary N) is 2.